The number of nitrogens with one attached hydrogen (secondary N) is 2. The molecule has 0 amide bonds. The van der Waals surface area contributed by atoms with E-state index in [1.807, 2.05) is 7.05 Å². The van der Waals surface area contributed by atoms with Gasteiger partial charge in [-0.1, -0.05) is 31.9 Å². The third-order valence-corrected chi connectivity index (χ3v) is 5.88. The predicted octanol–water partition coefficient (Wildman–Crippen LogP) is 3.66. The first kappa shape index (κ1) is 20.0. The van der Waals surface area contributed by atoms with Crippen molar-refractivity contribution in [2.24, 2.45) is 16.3 Å². The summed E-state index contributed by atoms with van der Waals surface area (Å²) in [7, 11) is 1.83. The van der Waals surface area contributed by atoms with E-state index in [2.05, 4.69) is 47.7 Å². The Kier molecular flexibility index (Phi) is 7.00. The molecule has 0 spiro atoms. The van der Waals surface area contributed by atoms with Crippen LogP contribution in [0.15, 0.2) is 23.2 Å². The van der Waals surface area contributed by atoms with Gasteiger partial charge >= 0.3 is 0 Å². The maximum absolute atomic E-state index is 6.14. The molecule has 1 unspecified atom stereocenters. The van der Waals surface area contributed by atoms with E-state index in [0.29, 0.717) is 17.9 Å². The summed E-state index contributed by atoms with van der Waals surface area (Å²) < 4.78 is 11.6. The van der Waals surface area contributed by atoms with Crippen molar-refractivity contribution in [1.82, 2.24) is 10.6 Å². The minimum Gasteiger partial charge on any atom is -0.493 e. The first-order valence-corrected chi connectivity index (χ1v) is 10.3. The molecule has 3 rings (SSSR count). The highest BCUT2D eigenvalue weighted by Gasteiger charge is 2.28. The van der Waals surface area contributed by atoms with E-state index in [-0.39, 0.29) is 0 Å². The Balaban J connectivity index is 1.53. The lowest BCUT2D eigenvalue weighted by atomic mass is 9.89. The average Bonchev–Trinajstić information content (AvgIpc) is 3.33. The van der Waals surface area contributed by atoms with Crippen molar-refractivity contribution in [3.05, 3.63) is 29.3 Å². The zero-order chi connectivity index (χ0) is 19.1. The molecule has 150 valence electrons. The van der Waals surface area contributed by atoms with Gasteiger partial charge in [-0.25, -0.2) is 0 Å². The second kappa shape index (κ2) is 9.45. The Morgan fingerprint density at radius 3 is 2.81 bits per heavy atom. The van der Waals surface area contributed by atoms with Gasteiger partial charge in [0, 0.05) is 38.2 Å². The van der Waals surface area contributed by atoms with Gasteiger partial charge in [0.15, 0.2) is 5.96 Å². The molecule has 0 bridgehead atoms. The highest BCUT2D eigenvalue weighted by Crippen LogP contribution is 2.36. The van der Waals surface area contributed by atoms with Crippen LogP contribution in [0, 0.1) is 18.3 Å². The van der Waals surface area contributed by atoms with Crippen molar-refractivity contribution in [3.8, 4) is 5.75 Å². The molecule has 2 N–H and O–H groups in total. The van der Waals surface area contributed by atoms with Crippen molar-refractivity contribution in [2.45, 2.75) is 52.5 Å². The quantitative estimate of drug-likeness (QED) is 0.566. The Labute approximate surface area is 163 Å². The van der Waals surface area contributed by atoms with E-state index in [1.54, 1.807) is 0 Å². The van der Waals surface area contributed by atoms with Gasteiger partial charge in [0.25, 0.3) is 0 Å². The third kappa shape index (κ3) is 5.86. The molecule has 0 radical (unpaired) electrons. The minimum atomic E-state index is 0.402. The van der Waals surface area contributed by atoms with E-state index >= 15 is 0 Å². The summed E-state index contributed by atoms with van der Waals surface area (Å²) in [6, 6.07) is 6.41. The van der Waals surface area contributed by atoms with Crippen molar-refractivity contribution in [1.29, 1.82) is 0 Å². The molecule has 1 saturated heterocycles. The number of ether oxygens (including phenoxy) is 2. The number of rotatable bonds is 7. The highest BCUT2D eigenvalue weighted by molar-refractivity contribution is 5.79. The average molecular weight is 374 g/mol. The summed E-state index contributed by atoms with van der Waals surface area (Å²) in [6.45, 7) is 8.55. The van der Waals surface area contributed by atoms with Gasteiger partial charge in [-0.2, -0.15) is 0 Å². The van der Waals surface area contributed by atoms with Gasteiger partial charge in [0.1, 0.15) is 5.75 Å². The SMILES string of the molecule is CN=C(NCc1ccc(C)cc1OCC1CCOC1)NCC1(C)CCCC1. The largest absolute Gasteiger partial charge is 0.493 e. The number of benzene rings is 1. The molecular formula is C22H35N3O2. The fraction of sp³-hybridized carbons (Fsp3) is 0.682. The van der Waals surface area contributed by atoms with Crippen LogP contribution < -0.4 is 15.4 Å². The Hall–Kier alpha value is -1.75. The molecule has 1 aliphatic carbocycles. The molecule has 2 fully saturated rings. The van der Waals surface area contributed by atoms with E-state index in [0.717, 1.165) is 50.1 Å². The molecule has 1 aromatic rings. The van der Waals surface area contributed by atoms with Gasteiger partial charge in [0.2, 0.25) is 0 Å². The van der Waals surface area contributed by atoms with Gasteiger partial charge in [0.05, 0.1) is 13.2 Å². The maximum Gasteiger partial charge on any atom is 0.191 e. The molecule has 1 heterocycles. The molecule has 1 saturated carbocycles. The molecule has 2 aliphatic rings. The standard InChI is InChI=1S/C22H35N3O2/c1-17-6-7-19(20(12-17)27-15-18-8-11-26-14-18)13-24-21(23-3)25-16-22(2)9-4-5-10-22/h6-7,12,18H,4-5,8-11,13-16H2,1-3H3,(H2,23,24,25). The topological polar surface area (TPSA) is 54.9 Å². The van der Waals surface area contributed by atoms with Gasteiger partial charge in [-0.3, -0.25) is 4.99 Å². The summed E-state index contributed by atoms with van der Waals surface area (Å²) in [5.41, 5.74) is 2.78. The molecule has 1 aliphatic heterocycles. The molecule has 5 nitrogen and oxygen atoms in total. The van der Waals surface area contributed by atoms with Gasteiger partial charge in [-0.05, 0) is 43.2 Å². The van der Waals surface area contributed by atoms with Crippen molar-refractivity contribution >= 4 is 5.96 Å². The molecule has 27 heavy (non-hydrogen) atoms. The fourth-order valence-corrected chi connectivity index (χ4v) is 3.97. The number of hydrogen-bond acceptors (Lipinski definition) is 3. The minimum absolute atomic E-state index is 0.402. The lowest BCUT2D eigenvalue weighted by molar-refractivity contribution is 0.166. The second-order valence-electron chi connectivity index (χ2n) is 8.45. The van der Waals surface area contributed by atoms with Crippen LogP contribution in [0.4, 0.5) is 0 Å². The van der Waals surface area contributed by atoms with Crippen molar-refractivity contribution in [2.75, 3.05) is 33.4 Å². The van der Waals surface area contributed by atoms with Gasteiger partial charge in [-0.15, -0.1) is 0 Å². The second-order valence-corrected chi connectivity index (χ2v) is 8.45. The van der Waals surface area contributed by atoms with Crippen LogP contribution >= 0.6 is 0 Å². The summed E-state index contributed by atoms with van der Waals surface area (Å²) in [5, 5.41) is 6.96. The lowest BCUT2D eigenvalue weighted by Gasteiger charge is -2.25. The summed E-state index contributed by atoms with van der Waals surface area (Å²) in [5.74, 6) is 2.33. The molecule has 5 heteroatoms. The van der Waals surface area contributed by atoms with Crippen LogP contribution in [0.5, 0.6) is 5.75 Å². The van der Waals surface area contributed by atoms with Crippen LogP contribution in [-0.2, 0) is 11.3 Å². The zero-order valence-corrected chi connectivity index (χ0v) is 17.1. The summed E-state index contributed by atoms with van der Waals surface area (Å²) >= 11 is 0. The van der Waals surface area contributed by atoms with E-state index in [4.69, 9.17) is 9.47 Å². The van der Waals surface area contributed by atoms with E-state index in [1.165, 1.54) is 31.2 Å². The fourth-order valence-electron chi connectivity index (χ4n) is 3.97. The summed E-state index contributed by atoms with van der Waals surface area (Å²) in [4.78, 5) is 4.39. The van der Waals surface area contributed by atoms with Crippen molar-refractivity contribution in [3.63, 3.8) is 0 Å². The van der Waals surface area contributed by atoms with Gasteiger partial charge < -0.3 is 20.1 Å². The molecule has 0 aromatic heterocycles. The van der Waals surface area contributed by atoms with Crippen LogP contribution in [-0.4, -0.2) is 39.4 Å². The number of aryl methyl sites for hydroxylation is 1. The Morgan fingerprint density at radius 2 is 2.11 bits per heavy atom. The predicted molar refractivity (Wildman–Crippen MR) is 110 cm³/mol. The smallest absolute Gasteiger partial charge is 0.191 e. The Bertz CT molecular complexity index is 632. The normalized spacial score (nSPS) is 22.0. The third-order valence-electron chi connectivity index (χ3n) is 5.88. The lowest BCUT2D eigenvalue weighted by Crippen LogP contribution is -2.41. The van der Waals surface area contributed by atoms with Crippen LogP contribution in [0.25, 0.3) is 0 Å². The van der Waals surface area contributed by atoms with E-state index in [9.17, 15) is 0 Å². The van der Waals surface area contributed by atoms with E-state index < -0.39 is 0 Å². The number of nitrogens with zero attached hydrogens (tertiary/aromatic N) is 1. The number of guanidine groups is 1. The molecule has 1 atom stereocenters. The molecular weight excluding hydrogens is 338 g/mol. The number of aliphatic imine (C=N–C) groups is 1. The van der Waals surface area contributed by atoms with Crippen molar-refractivity contribution < 1.29 is 9.47 Å². The zero-order valence-electron chi connectivity index (χ0n) is 17.1. The van der Waals surface area contributed by atoms with Crippen LogP contribution in [0.1, 0.15) is 50.2 Å². The monoisotopic (exact) mass is 373 g/mol. The van der Waals surface area contributed by atoms with Crippen LogP contribution in [0.2, 0.25) is 0 Å². The first-order valence-electron chi connectivity index (χ1n) is 10.3. The highest BCUT2D eigenvalue weighted by atomic mass is 16.5. The summed E-state index contributed by atoms with van der Waals surface area (Å²) in [6.07, 6.45) is 6.39. The molecule has 1 aromatic carbocycles. The number of hydrogen-bond donors (Lipinski definition) is 2. The van der Waals surface area contributed by atoms with Crippen LogP contribution in [0.3, 0.4) is 0 Å². The first-order chi connectivity index (χ1) is 13.1. The Morgan fingerprint density at radius 1 is 1.30 bits per heavy atom. The maximum atomic E-state index is 6.14.